The summed E-state index contributed by atoms with van der Waals surface area (Å²) in [6, 6.07) is -0.621. The third-order valence-electron chi connectivity index (χ3n) is 2.69. The lowest BCUT2D eigenvalue weighted by Crippen LogP contribution is -2.47. The van der Waals surface area contributed by atoms with Crippen LogP contribution in [-0.2, 0) is 9.59 Å². The quantitative estimate of drug-likeness (QED) is 0.472. The molecule has 0 aromatic carbocycles. The Balaban J connectivity index is 2.28. The molecule has 8 heteroatoms. The third-order valence-corrected chi connectivity index (χ3v) is 2.69. The molecule has 0 aromatic heterocycles. The van der Waals surface area contributed by atoms with Crippen molar-refractivity contribution in [2.45, 2.75) is 18.9 Å². The number of carbonyl (C=O) groups excluding carboxylic acids is 2. The Kier molecular flexibility index (Phi) is 5.37. The number of hydrogen-bond acceptors (Lipinski definition) is 4. The molecule has 1 saturated heterocycles. The number of carboxylic acids is 1. The number of likely N-dealkylation sites (tertiary alicyclic amines) is 1. The van der Waals surface area contributed by atoms with Gasteiger partial charge in [0.1, 0.15) is 6.54 Å². The normalized spacial score (nSPS) is 18.5. The minimum Gasteiger partial charge on any atom is -0.480 e. The number of amides is 3. The molecule has 0 aromatic rings. The number of rotatable bonds is 5. The zero-order valence-electron chi connectivity index (χ0n) is 9.89. The van der Waals surface area contributed by atoms with Crippen molar-refractivity contribution < 1.29 is 24.6 Å². The van der Waals surface area contributed by atoms with Crippen LogP contribution >= 0.6 is 0 Å². The first-order valence-corrected chi connectivity index (χ1v) is 5.68. The van der Waals surface area contributed by atoms with E-state index in [1.54, 1.807) is 0 Å². The van der Waals surface area contributed by atoms with Gasteiger partial charge in [0, 0.05) is 6.54 Å². The Morgan fingerprint density at radius 3 is 2.56 bits per heavy atom. The molecule has 1 unspecified atom stereocenters. The number of nitrogens with zero attached hydrogens (tertiary/aromatic N) is 1. The first-order chi connectivity index (χ1) is 8.54. The summed E-state index contributed by atoms with van der Waals surface area (Å²) in [7, 11) is 0. The molecule has 1 rings (SSSR count). The van der Waals surface area contributed by atoms with Crippen molar-refractivity contribution in [2.24, 2.45) is 0 Å². The topological polar surface area (TPSA) is 119 Å². The van der Waals surface area contributed by atoms with Gasteiger partial charge in [-0.05, 0) is 12.8 Å². The van der Waals surface area contributed by atoms with Crippen molar-refractivity contribution >= 4 is 17.9 Å². The average molecular weight is 259 g/mol. The number of urea groups is 1. The standard InChI is InChI=1S/C10H17N3O5/c14-6-7-2-1-3-13(7)10(18)12-4-8(15)11-5-9(16)17/h7,14H,1-6H2,(H,11,15)(H,12,18)(H,16,17). The second-order valence-electron chi connectivity index (χ2n) is 4.00. The predicted octanol–water partition coefficient (Wildman–Crippen LogP) is -1.65. The molecule has 1 fully saturated rings. The van der Waals surface area contributed by atoms with Gasteiger partial charge < -0.3 is 25.7 Å². The van der Waals surface area contributed by atoms with E-state index in [9.17, 15) is 14.4 Å². The summed E-state index contributed by atoms with van der Waals surface area (Å²) < 4.78 is 0. The molecule has 0 saturated carbocycles. The van der Waals surface area contributed by atoms with Crippen LogP contribution in [0.1, 0.15) is 12.8 Å². The van der Waals surface area contributed by atoms with E-state index in [0.717, 1.165) is 12.8 Å². The highest BCUT2D eigenvalue weighted by Gasteiger charge is 2.27. The smallest absolute Gasteiger partial charge is 0.322 e. The Morgan fingerprint density at radius 2 is 1.94 bits per heavy atom. The molecule has 1 heterocycles. The number of aliphatic hydroxyl groups excluding tert-OH is 1. The van der Waals surface area contributed by atoms with Gasteiger partial charge in [-0.25, -0.2) is 4.79 Å². The molecular formula is C10H17N3O5. The first-order valence-electron chi connectivity index (χ1n) is 5.68. The lowest BCUT2D eigenvalue weighted by molar-refractivity contribution is -0.137. The van der Waals surface area contributed by atoms with Gasteiger partial charge in [-0.2, -0.15) is 0 Å². The van der Waals surface area contributed by atoms with Gasteiger partial charge in [-0.15, -0.1) is 0 Å². The molecule has 0 spiro atoms. The number of aliphatic hydroxyl groups is 1. The Hall–Kier alpha value is -1.83. The largest absolute Gasteiger partial charge is 0.480 e. The van der Waals surface area contributed by atoms with Gasteiger partial charge in [0.05, 0.1) is 19.2 Å². The van der Waals surface area contributed by atoms with Crippen molar-refractivity contribution in [2.75, 3.05) is 26.2 Å². The molecule has 18 heavy (non-hydrogen) atoms. The maximum absolute atomic E-state index is 11.7. The minimum absolute atomic E-state index is 0.0986. The summed E-state index contributed by atoms with van der Waals surface area (Å²) in [6.45, 7) is -0.301. The second kappa shape index (κ2) is 6.80. The van der Waals surface area contributed by atoms with Crippen LogP contribution in [0.5, 0.6) is 0 Å². The molecule has 0 aliphatic carbocycles. The maximum Gasteiger partial charge on any atom is 0.322 e. The summed E-state index contributed by atoms with van der Waals surface area (Å²) in [5.41, 5.74) is 0. The van der Waals surface area contributed by atoms with Gasteiger partial charge >= 0.3 is 12.0 Å². The monoisotopic (exact) mass is 259 g/mol. The maximum atomic E-state index is 11.7. The highest BCUT2D eigenvalue weighted by Crippen LogP contribution is 2.16. The minimum atomic E-state index is -1.14. The van der Waals surface area contributed by atoms with Crippen molar-refractivity contribution in [1.82, 2.24) is 15.5 Å². The number of aliphatic carboxylic acids is 1. The van der Waals surface area contributed by atoms with Crippen LogP contribution in [0.3, 0.4) is 0 Å². The molecule has 1 aliphatic heterocycles. The lowest BCUT2D eigenvalue weighted by Gasteiger charge is -2.23. The zero-order chi connectivity index (χ0) is 13.5. The summed E-state index contributed by atoms with van der Waals surface area (Å²) in [4.78, 5) is 34.5. The van der Waals surface area contributed by atoms with Gasteiger partial charge in [-0.1, -0.05) is 0 Å². The van der Waals surface area contributed by atoms with Crippen LogP contribution in [0.4, 0.5) is 4.79 Å². The fourth-order valence-electron chi connectivity index (χ4n) is 1.79. The number of nitrogens with one attached hydrogen (secondary N) is 2. The lowest BCUT2D eigenvalue weighted by atomic mass is 10.2. The SMILES string of the molecule is O=C(O)CNC(=O)CNC(=O)N1CCCC1CO. The van der Waals surface area contributed by atoms with E-state index in [-0.39, 0.29) is 19.2 Å². The van der Waals surface area contributed by atoms with E-state index in [1.807, 2.05) is 0 Å². The van der Waals surface area contributed by atoms with Gasteiger partial charge in [-0.3, -0.25) is 9.59 Å². The van der Waals surface area contributed by atoms with Crippen LogP contribution in [0.15, 0.2) is 0 Å². The van der Waals surface area contributed by atoms with Crippen LogP contribution in [0, 0.1) is 0 Å². The summed E-state index contributed by atoms with van der Waals surface area (Å²) in [6.07, 6.45) is 1.57. The molecule has 0 bridgehead atoms. The fourth-order valence-corrected chi connectivity index (χ4v) is 1.79. The zero-order valence-corrected chi connectivity index (χ0v) is 9.89. The summed E-state index contributed by atoms with van der Waals surface area (Å²) >= 11 is 0. The molecule has 3 amide bonds. The average Bonchev–Trinajstić information content (AvgIpc) is 2.81. The van der Waals surface area contributed by atoms with Gasteiger partial charge in [0.15, 0.2) is 0 Å². The Morgan fingerprint density at radius 1 is 1.22 bits per heavy atom. The van der Waals surface area contributed by atoms with Gasteiger partial charge in [0.25, 0.3) is 0 Å². The second-order valence-corrected chi connectivity index (χ2v) is 4.00. The summed E-state index contributed by atoms with van der Waals surface area (Å²) in [5, 5.41) is 21.9. The highest BCUT2D eigenvalue weighted by atomic mass is 16.4. The molecule has 1 atom stereocenters. The van der Waals surface area contributed by atoms with E-state index < -0.39 is 24.5 Å². The van der Waals surface area contributed by atoms with Crippen LogP contribution in [0.2, 0.25) is 0 Å². The number of hydrogen-bond donors (Lipinski definition) is 4. The summed E-state index contributed by atoms with van der Waals surface area (Å²) in [5.74, 6) is -1.71. The van der Waals surface area contributed by atoms with Gasteiger partial charge in [0.2, 0.25) is 5.91 Å². The van der Waals surface area contributed by atoms with Crippen molar-refractivity contribution in [3.63, 3.8) is 0 Å². The molecule has 1 aliphatic rings. The van der Waals surface area contributed by atoms with Crippen LogP contribution < -0.4 is 10.6 Å². The third kappa shape index (κ3) is 4.21. The number of carboxylic acid groups (broad SMARTS) is 1. The molecule has 4 N–H and O–H groups in total. The molecule has 102 valence electrons. The van der Waals surface area contributed by atoms with E-state index in [0.29, 0.717) is 6.54 Å². The van der Waals surface area contributed by atoms with E-state index in [1.165, 1.54) is 4.90 Å². The van der Waals surface area contributed by atoms with E-state index in [2.05, 4.69) is 10.6 Å². The van der Waals surface area contributed by atoms with Crippen molar-refractivity contribution in [1.29, 1.82) is 0 Å². The van der Waals surface area contributed by atoms with Crippen molar-refractivity contribution in [3.05, 3.63) is 0 Å². The van der Waals surface area contributed by atoms with E-state index in [4.69, 9.17) is 10.2 Å². The molecular weight excluding hydrogens is 242 g/mol. The van der Waals surface area contributed by atoms with Crippen molar-refractivity contribution in [3.8, 4) is 0 Å². The number of carbonyl (C=O) groups is 3. The van der Waals surface area contributed by atoms with E-state index >= 15 is 0 Å². The highest BCUT2D eigenvalue weighted by molar-refractivity contribution is 5.86. The molecule has 8 nitrogen and oxygen atoms in total. The van der Waals surface area contributed by atoms with Crippen LogP contribution in [0.25, 0.3) is 0 Å². The van der Waals surface area contributed by atoms with Crippen LogP contribution in [-0.4, -0.2) is 65.3 Å². The Bertz CT molecular complexity index is 333. The molecule has 0 radical (unpaired) electrons. The predicted molar refractivity (Wildman–Crippen MR) is 60.9 cm³/mol. The fraction of sp³-hybridized carbons (Fsp3) is 0.700. The Labute approximate surface area is 104 Å². The first kappa shape index (κ1) is 14.2.